The molecule has 1 nitrogen and oxygen atoms in total. The van der Waals surface area contributed by atoms with Crippen LogP contribution in [-0.4, -0.2) is 0 Å². The van der Waals surface area contributed by atoms with E-state index >= 15 is 0 Å². The molecule has 2 aromatic carbocycles. The number of nitrogens with two attached hydrogens (primary N) is 1. The molecule has 0 heterocycles. The molecule has 20 heavy (non-hydrogen) atoms. The molecule has 0 bridgehead atoms. The Bertz CT molecular complexity index is 608. The fourth-order valence-electron chi connectivity index (χ4n) is 2.82. The van der Waals surface area contributed by atoms with Crippen LogP contribution in [0.4, 0.5) is 4.39 Å². The standard InChI is InChI=1S/C18H22FN/c1-11-8-13(3)16(14(4)9-11)10-17(20)15-7-5-6-12(2)18(15)19/h5-9,17H,10,20H2,1-4H3. The summed E-state index contributed by atoms with van der Waals surface area (Å²) in [6.07, 6.45) is 0.665. The number of rotatable bonds is 3. The fourth-order valence-corrected chi connectivity index (χ4v) is 2.82. The Morgan fingerprint density at radius 3 is 2.20 bits per heavy atom. The Hall–Kier alpha value is -1.67. The summed E-state index contributed by atoms with van der Waals surface area (Å²) in [5.74, 6) is -0.178. The smallest absolute Gasteiger partial charge is 0.130 e. The topological polar surface area (TPSA) is 26.0 Å². The minimum atomic E-state index is -0.310. The van der Waals surface area contributed by atoms with Gasteiger partial charge in [0.2, 0.25) is 0 Å². The summed E-state index contributed by atoms with van der Waals surface area (Å²) in [4.78, 5) is 0. The second kappa shape index (κ2) is 5.76. The molecule has 0 aliphatic carbocycles. The quantitative estimate of drug-likeness (QED) is 0.885. The van der Waals surface area contributed by atoms with Gasteiger partial charge in [0.15, 0.2) is 0 Å². The summed E-state index contributed by atoms with van der Waals surface area (Å²) in [7, 11) is 0. The van der Waals surface area contributed by atoms with Gasteiger partial charge in [0.25, 0.3) is 0 Å². The minimum Gasteiger partial charge on any atom is -0.324 e. The number of halogens is 1. The van der Waals surface area contributed by atoms with Crippen LogP contribution in [0.2, 0.25) is 0 Å². The summed E-state index contributed by atoms with van der Waals surface area (Å²) in [5, 5.41) is 0. The highest BCUT2D eigenvalue weighted by Crippen LogP contribution is 2.25. The number of hydrogen-bond donors (Lipinski definition) is 1. The van der Waals surface area contributed by atoms with E-state index in [0.717, 1.165) is 0 Å². The first-order chi connectivity index (χ1) is 9.40. The molecular formula is C18H22FN. The van der Waals surface area contributed by atoms with Gasteiger partial charge in [-0.15, -0.1) is 0 Å². The van der Waals surface area contributed by atoms with E-state index in [1.165, 1.54) is 22.3 Å². The first kappa shape index (κ1) is 14.7. The molecule has 0 aliphatic rings. The van der Waals surface area contributed by atoms with Gasteiger partial charge in [-0.25, -0.2) is 4.39 Å². The third kappa shape index (κ3) is 2.91. The van der Waals surface area contributed by atoms with E-state index in [1.54, 1.807) is 19.1 Å². The average Bonchev–Trinajstić information content (AvgIpc) is 2.36. The molecule has 106 valence electrons. The van der Waals surface area contributed by atoms with Crippen molar-refractivity contribution in [2.75, 3.05) is 0 Å². The zero-order chi connectivity index (χ0) is 14.9. The van der Waals surface area contributed by atoms with Crippen LogP contribution in [0.15, 0.2) is 30.3 Å². The van der Waals surface area contributed by atoms with Crippen molar-refractivity contribution in [3.8, 4) is 0 Å². The van der Waals surface area contributed by atoms with Gasteiger partial charge in [0.1, 0.15) is 5.82 Å². The second-order valence-electron chi connectivity index (χ2n) is 5.67. The van der Waals surface area contributed by atoms with Crippen molar-refractivity contribution < 1.29 is 4.39 Å². The van der Waals surface area contributed by atoms with E-state index in [2.05, 4.69) is 32.9 Å². The van der Waals surface area contributed by atoms with Crippen LogP contribution in [0.1, 0.15) is 39.4 Å². The maximum Gasteiger partial charge on any atom is 0.130 e. The first-order valence-electron chi connectivity index (χ1n) is 6.97. The molecule has 0 amide bonds. The van der Waals surface area contributed by atoms with Crippen molar-refractivity contribution >= 4 is 0 Å². The zero-order valence-electron chi connectivity index (χ0n) is 12.6. The van der Waals surface area contributed by atoms with Crippen molar-refractivity contribution in [3.63, 3.8) is 0 Å². The molecule has 0 spiro atoms. The van der Waals surface area contributed by atoms with Gasteiger partial charge in [0.05, 0.1) is 0 Å². The van der Waals surface area contributed by atoms with Crippen LogP contribution in [0, 0.1) is 33.5 Å². The lowest BCUT2D eigenvalue weighted by atomic mass is 9.91. The SMILES string of the molecule is Cc1cc(C)c(CC(N)c2cccc(C)c2F)c(C)c1. The molecule has 1 atom stereocenters. The first-order valence-corrected chi connectivity index (χ1v) is 6.97. The lowest BCUT2D eigenvalue weighted by Crippen LogP contribution is -2.17. The maximum absolute atomic E-state index is 14.1. The predicted molar refractivity (Wildman–Crippen MR) is 82.4 cm³/mol. The van der Waals surface area contributed by atoms with Crippen molar-refractivity contribution in [1.82, 2.24) is 0 Å². The molecule has 0 aliphatic heterocycles. The Labute approximate surface area is 120 Å². The molecule has 0 aromatic heterocycles. The largest absolute Gasteiger partial charge is 0.324 e. The van der Waals surface area contributed by atoms with Crippen molar-refractivity contribution in [2.45, 2.75) is 40.2 Å². The highest BCUT2D eigenvalue weighted by Gasteiger charge is 2.15. The molecule has 2 aromatic rings. The molecule has 0 saturated heterocycles. The van der Waals surface area contributed by atoms with E-state index in [0.29, 0.717) is 17.5 Å². The van der Waals surface area contributed by atoms with Crippen LogP contribution in [0.3, 0.4) is 0 Å². The maximum atomic E-state index is 14.1. The molecule has 2 heteroatoms. The van der Waals surface area contributed by atoms with Gasteiger partial charge in [-0.3, -0.25) is 0 Å². The van der Waals surface area contributed by atoms with E-state index in [-0.39, 0.29) is 11.9 Å². The molecular weight excluding hydrogens is 249 g/mol. The van der Waals surface area contributed by atoms with Crippen LogP contribution in [-0.2, 0) is 6.42 Å². The summed E-state index contributed by atoms with van der Waals surface area (Å²) in [6.45, 7) is 8.04. The molecule has 2 N–H and O–H groups in total. The minimum absolute atomic E-state index is 0.178. The Kier molecular flexibility index (Phi) is 4.24. The molecule has 1 unspecified atom stereocenters. The second-order valence-corrected chi connectivity index (χ2v) is 5.67. The Morgan fingerprint density at radius 1 is 1.00 bits per heavy atom. The molecule has 0 fully saturated rings. The van der Waals surface area contributed by atoms with E-state index in [1.807, 2.05) is 6.07 Å². The third-order valence-corrected chi connectivity index (χ3v) is 3.89. The van der Waals surface area contributed by atoms with Crippen molar-refractivity contribution in [2.24, 2.45) is 5.73 Å². The van der Waals surface area contributed by atoms with E-state index in [4.69, 9.17) is 5.73 Å². The van der Waals surface area contributed by atoms with Gasteiger partial charge in [-0.05, 0) is 56.4 Å². The zero-order valence-corrected chi connectivity index (χ0v) is 12.6. The van der Waals surface area contributed by atoms with Crippen molar-refractivity contribution in [3.05, 3.63) is 69.5 Å². The summed E-state index contributed by atoms with van der Waals surface area (Å²) in [6, 6.07) is 9.42. The van der Waals surface area contributed by atoms with Gasteiger partial charge in [-0.1, -0.05) is 35.9 Å². The molecule has 0 radical (unpaired) electrons. The summed E-state index contributed by atoms with van der Waals surface area (Å²) in [5.41, 5.74) is 12.4. The Morgan fingerprint density at radius 2 is 1.60 bits per heavy atom. The number of aryl methyl sites for hydroxylation is 4. The normalized spacial score (nSPS) is 12.5. The summed E-state index contributed by atoms with van der Waals surface area (Å²) >= 11 is 0. The van der Waals surface area contributed by atoms with Gasteiger partial charge < -0.3 is 5.73 Å². The number of benzene rings is 2. The third-order valence-electron chi connectivity index (χ3n) is 3.89. The molecule has 0 saturated carbocycles. The number of hydrogen-bond acceptors (Lipinski definition) is 1. The Balaban J connectivity index is 2.33. The van der Waals surface area contributed by atoms with E-state index < -0.39 is 0 Å². The van der Waals surface area contributed by atoms with Crippen molar-refractivity contribution in [1.29, 1.82) is 0 Å². The summed E-state index contributed by atoms with van der Waals surface area (Å²) < 4.78 is 14.1. The lowest BCUT2D eigenvalue weighted by molar-refractivity contribution is 0.572. The van der Waals surface area contributed by atoms with Gasteiger partial charge >= 0.3 is 0 Å². The van der Waals surface area contributed by atoms with Crippen LogP contribution < -0.4 is 5.73 Å². The lowest BCUT2D eigenvalue weighted by Gasteiger charge is -2.18. The highest BCUT2D eigenvalue weighted by molar-refractivity contribution is 5.39. The molecule has 2 rings (SSSR count). The fraction of sp³-hybridized carbons (Fsp3) is 0.333. The van der Waals surface area contributed by atoms with Crippen LogP contribution in [0.5, 0.6) is 0 Å². The monoisotopic (exact) mass is 271 g/mol. The van der Waals surface area contributed by atoms with Gasteiger partial charge in [-0.2, -0.15) is 0 Å². The average molecular weight is 271 g/mol. The van der Waals surface area contributed by atoms with Crippen LogP contribution >= 0.6 is 0 Å². The van der Waals surface area contributed by atoms with E-state index in [9.17, 15) is 4.39 Å². The van der Waals surface area contributed by atoms with Gasteiger partial charge in [0, 0.05) is 11.6 Å². The highest BCUT2D eigenvalue weighted by atomic mass is 19.1. The predicted octanol–water partition coefficient (Wildman–Crippen LogP) is 4.30. The van der Waals surface area contributed by atoms with Crippen LogP contribution in [0.25, 0.3) is 0 Å².